The molecule has 0 aromatic heterocycles. The number of hydrogen-bond acceptors (Lipinski definition) is 2. The summed E-state index contributed by atoms with van der Waals surface area (Å²) in [6.07, 6.45) is 6.92. The summed E-state index contributed by atoms with van der Waals surface area (Å²) in [4.78, 5) is 2.68. The number of hydrogen-bond donors (Lipinski definition) is 1. The second kappa shape index (κ2) is 4.93. The molecule has 1 saturated carbocycles. The molecular weight excluding hydrogens is 220 g/mol. The van der Waals surface area contributed by atoms with Gasteiger partial charge >= 0.3 is 0 Å². The van der Waals surface area contributed by atoms with Gasteiger partial charge in [0.05, 0.1) is 5.54 Å². The van der Waals surface area contributed by atoms with Crippen molar-refractivity contribution in [1.82, 2.24) is 5.32 Å². The van der Waals surface area contributed by atoms with Gasteiger partial charge in [0.1, 0.15) is 0 Å². The third-order valence-electron chi connectivity index (χ3n) is 4.67. The Morgan fingerprint density at radius 2 is 1.78 bits per heavy atom. The molecule has 1 saturated heterocycles. The van der Waals surface area contributed by atoms with Crippen molar-refractivity contribution in [3.05, 3.63) is 29.8 Å². The van der Waals surface area contributed by atoms with Crippen molar-refractivity contribution >= 4 is 5.69 Å². The van der Waals surface area contributed by atoms with E-state index in [4.69, 9.17) is 0 Å². The Kier molecular flexibility index (Phi) is 3.29. The molecule has 1 aromatic rings. The summed E-state index contributed by atoms with van der Waals surface area (Å²) < 4.78 is 0. The van der Waals surface area contributed by atoms with Gasteiger partial charge in [0, 0.05) is 25.3 Å². The topological polar surface area (TPSA) is 15.3 Å². The predicted molar refractivity (Wildman–Crippen MR) is 77.2 cm³/mol. The lowest BCUT2D eigenvalue weighted by Crippen LogP contribution is -2.62. The van der Waals surface area contributed by atoms with Crippen LogP contribution in [0.15, 0.2) is 24.3 Å². The van der Waals surface area contributed by atoms with E-state index in [9.17, 15) is 0 Å². The summed E-state index contributed by atoms with van der Waals surface area (Å²) in [5.74, 6) is 0. The van der Waals surface area contributed by atoms with Crippen LogP contribution >= 0.6 is 0 Å². The van der Waals surface area contributed by atoms with Crippen LogP contribution in [-0.4, -0.2) is 25.2 Å². The van der Waals surface area contributed by atoms with E-state index in [0.29, 0.717) is 5.54 Å². The molecule has 1 aromatic carbocycles. The number of aryl methyl sites for hydroxylation is 1. The molecule has 98 valence electrons. The molecule has 0 bridgehead atoms. The molecule has 0 amide bonds. The molecule has 1 spiro atoms. The van der Waals surface area contributed by atoms with E-state index in [1.54, 1.807) is 0 Å². The first-order valence-electron chi connectivity index (χ1n) is 7.35. The van der Waals surface area contributed by atoms with Crippen molar-refractivity contribution in [2.45, 2.75) is 44.6 Å². The molecule has 1 aliphatic carbocycles. The first kappa shape index (κ1) is 12.0. The van der Waals surface area contributed by atoms with Gasteiger partial charge in [-0.15, -0.1) is 0 Å². The Labute approximate surface area is 110 Å². The largest absolute Gasteiger partial charge is 0.363 e. The van der Waals surface area contributed by atoms with Gasteiger partial charge in [0.25, 0.3) is 0 Å². The highest BCUT2D eigenvalue weighted by molar-refractivity contribution is 5.51. The molecule has 2 aliphatic rings. The summed E-state index contributed by atoms with van der Waals surface area (Å²) in [5, 5.41) is 3.61. The lowest BCUT2D eigenvalue weighted by molar-refractivity contribution is 0.241. The van der Waals surface area contributed by atoms with Crippen molar-refractivity contribution in [1.29, 1.82) is 0 Å². The van der Waals surface area contributed by atoms with Gasteiger partial charge in [-0.05, 0) is 31.9 Å². The van der Waals surface area contributed by atoms with Crippen molar-refractivity contribution in [3.8, 4) is 0 Å². The molecule has 18 heavy (non-hydrogen) atoms. The summed E-state index contributed by atoms with van der Waals surface area (Å²) in [6.45, 7) is 5.61. The van der Waals surface area contributed by atoms with Gasteiger partial charge in [-0.25, -0.2) is 0 Å². The summed E-state index contributed by atoms with van der Waals surface area (Å²) >= 11 is 0. The number of benzene rings is 1. The van der Waals surface area contributed by atoms with Crippen LogP contribution in [0.4, 0.5) is 5.69 Å². The monoisotopic (exact) mass is 244 g/mol. The molecule has 2 nitrogen and oxygen atoms in total. The third-order valence-corrected chi connectivity index (χ3v) is 4.67. The van der Waals surface area contributed by atoms with E-state index >= 15 is 0 Å². The molecular formula is C16H24N2. The lowest BCUT2D eigenvalue weighted by Gasteiger charge is -2.51. The number of piperazine rings is 1. The standard InChI is InChI=1S/C16H24N2/c1-14-5-7-15(8-6-14)18-12-11-17-13-16(18)9-3-2-4-10-16/h5-8,17H,2-4,9-13H2,1H3. The zero-order chi connectivity index (χ0) is 12.4. The molecule has 0 atom stereocenters. The highest BCUT2D eigenvalue weighted by atomic mass is 15.3. The molecule has 1 aliphatic heterocycles. The second-order valence-electron chi connectivity index (χ2n) is 5.95. The van der Waals surface area contributed by atoms with Crippen LogP contribution in [0.5, 0.6) is 0 Å². The van der Waals surface area contributed by atoms with E-state index in [1.807, 2.05) is 0 Å². The van der Waals surface area contributed by atoms with Crippen molar-refractivity contribution in [2.24, 2.45) is 0 Å². The van der Waals surface area contributed by atoms with Crippen LogP contribution in [0.25, 0.3) is 0 Å². The highest BCUT2D eigenvalue weighted by Crippen LogP contribution is 2.37. The van der Waals surface area contributed by atoms with E-state index < -0.39 is 0 Å². The molecule has 0 radical (unpaired) electrons. The fourth-order valence-electron chi connectivity index (χ4n) is 3.63. The Balaban J connectivity index is 1.89. The minimum absolute atomic E-state index is 0.395. The van der Waals surface area contributed by atoms with Crippen LogP contribution in [-0.2, 0) is 0 Å². The molecule has 1 heterocycles. The van der Waals surface area contributed by atoms with Gasteiger partial charge in [0.2, 0.25) is 0 Å². The highest BCUT2D eigenvalue weighted by Gasteiger charge is 2.39. The van der Waals surface area contributed by atoms with Crippen molar-refractivity contribution < 1.29 is 0 Å². The van der Waals surface area contributed by atoms with Gasteiger partial charge in [-0.3, -0.25) is 0 Å². The van der Waals surface area contributed by atoms with Crippen LogP contribution in [0, 0.1) is 6.92 Å². The van der Waals surface area contributed by atoms with Crippen molar-refractivity contribution in [2.75, 3.05) is 24.5 Å². The maximum atomic E-state index is 3.61. The zero-order valence-corrected chi connectivity index (χ0v) is 11.4. The molecule has 3 rings (SSSR count). The first-order chi connectivity index (χ1) is 8.80. The Morgan fingerprint density at radius 3 is 2.50 bits per heavy atom. The Bertz CT molecular complexity index is 382. The molecule has 0 unspecified atom stereocenters. The van der Waals surface area contributed by atoms with Gasteiger partial charge in [-0.2, -0.15) is 0 Å². The van der Waals surface area contributed by atoms with E-state index in [1.165, 1.54) is 49.9 Å². The lowest BCUT2D eigenvalue weighted by atomic mass is 9.78. The fraction of sp³-hybridized carbons (Fsp3) is 0.625. The Hall–Kier alpha value is -1.02. The summed E-state index contributed by atoms with van der Waals surface area (Å²) in [5.41, 5.74) is 3.17. The molecule has 1 N–H and O–H groups in total. The maximum Gasteiger partial charge on any atom is 0.0526 e. The third kappa shape index (κ3) is 2.14. The number of anilines is 1. The molecule has 2 fully saturated rings. The number of nitrogens with zero attached hydrogens (tertiary/aromatic N) is 1. The van der Waals surface area contributed by atoms with Gasteiger partial charge in [0.15, 0.2) is 0 Å². The predicted octanol–water partition coefficient (Wildman–Crippen LogP) is 3.11. The van der Waals surface area contributed by atoms with E-state index in [2.05, 4.69) is 41.4 Å². The summed E-state index contributed by atoms with van der Waals surface area (Å²) in [6, 6.07) is 9.09. The van der Waals surface area contributed by atoms with Gasteiger partial charge in [-0.1, -0.05) is 37.0 Å². The van der Waals surface area contributed by atoms with Crippen LogP contribution < -0.4 is 10.2 Å². The minimum atomic E-state index is 0.395. The maximum absolute atomic E-state index is 3.61. The van der Waals surface area contributed by atoms with E-state index in [-0.39, 0.29) is 0 Å². The average molecular weight is 244 g/mol. The molecule has 2 heteroatoms. The van der Waals surface area contributed by atoms with Crippen molar-refractivity contribution in [3.63, 3.8) is 0 Å². The second-order valence-corrected chi connectivity index (χ2v) is 5.95. The number of nitrogens with one attached hydrogen (secondary N) is 1. The smallest absolute Gasteiger partial charge is 0.0526 e. The minimum Gasteiger partial charge on any atom is -0.363 e. The van der Waals surface area contributed by atoms with Crippen LogP contribution in [0.3, 0.4) is 0 Å². The zero-order valence-electron chi connectivity index (χ0n) is 11.4. The fourth-order valence-corrected chi connectivity index (χ4v) is 3.63. The normalized spacial score (nSPS) is 23.3. The van der Waals surface area contributed by atoms with Crippen LogP contribution in [0.2, 0.25) is 0 Å². The first-order valence-corrected chi connectivity index (χ1v) is 7.35. The quantitative estimate of drug-likeness (QED) is 0.816. The number of rotatable bonds is 1. The Morgan fingerprint density at radius 1 is 1.06 bits per heavy atom. The SMILES string of the molecule is Cc1ccc(N2CCNCC23CCCCC3)cc1. The van der Waals surface area contributed by atoms with Gasteiger partial charge < -0.3 is 10.2 Å². The van der Waals surface area contributed by atoms with E-state index in [0.717, 1.165) is 13.1 Å². The average Bonchev–Trinajstić information content (AvgIpc) is 2.42. The van der Waals surface area contributed by atoms with Crippen LogP contribution in [0.1, 0.15) is 37.7 Å². The summed E-state index contributed by atoms with van der Waals surface area (Å²) in [7, 11) is 0.